The van der Waals surface area contributed by atoms with Gasteiger partial charge in [-0.2, -0.15) is 48.3 Å². The molecule has 22 heavy (non-hydrogen) atoms. The number of amides is 1. The lowest BCUT2D eigenvalue weighted by molar-refractivity contribution is -0.473. The van der Waals surface area contributed by atoms with Crippen LogP contribution in [0.3, 0.4) is 0 Å². The smallest absolute Gasteiger partial charge is 0.344 e. The van der Waals surface area contributed by atoms with Gasteiger partial charge in [-0.15, -0.1) is 0 Å². The average molecular weight is 357 g/mol. The van der Waals surface area contributed by atoms with Crippen LogP contribution in [-0.2, 0) is 9.53 Å². The molecule has 0 aromatic carbocycles. The third-order valence-electron chi connectivity index (χ3n) is 2.04. The van der Waals surface area contributed by atoms with Crippen molar-refractivity contribution in [2.75, 3.05) is 14.1 Å². The lowest BCUT2D eigenvalue weighted by Gasteiger charge is -2.35. The molecule has 0 N–H and O–H groups in total. The van der Waals surface area contributed by atoms with E-state index in [4.69, 9.17) is 0 Å². The summed E-state index contributed by atoms with van der Waals surface area (Å²) in [4.78, 5) is 10.6. The number of carbonyl (C=O) groups is 1. The predicted molar refractivity (Wildman–Crippen MR) is 45.6 cm³/mol. The van der Waals surface area contributed by atoms with Crippen LogP contribution in [0.4, 0.5) is 48.3 Å². The maximum absolute atomic E-state index is 13.4. The van der Waals surface area contributed by atoms with Crippen LogP contribution in [-0.4, -0.2) is 55.1 Å². The van der Waals surface area contributed by atoms with Gasteiger partial charge in [0.25, 0.3) is 5.91 Å². The summed E-state index contributed by atoms with van der Waals surface area (Å²) in [6.07, 6.45) is -20.7. The molecule has 1 amide bonds. The average Bonchev–Trinajstić information content (AvgIpc) is 2.23. The second-order valence-electron chi connectivity index (χ2n) is 3.98. The molecule has 0 rings (SSSR count). The number of hydrogen-bond acceptors (Lipinski definition) is 2. The molecule has 0 spiro atoms. The van der Waals surface area contributed by atoms with Crippen molar-refractivity contribution in [3.63, 3.8) is 0 Å². The van der Waals surface area contributed by atoms with Gasteiger partial charge < -0.3 is 4.90 Å². The topological polar surface area (TPSA) is 29.5 Å². The summed E-state index contributed by atoms with van der Waals surface area (Å²) in [5.41, 5.74) is 0. The molecule has 14 heteroatoms. The first-order valence-electron chi connectivity index (χ1n) is 4.81. The second-order valence-corrected chi connectivity index (χ2v) is 3.98. The molecule has 3 nitrogen and oxygen atoms in total. The Kier molecular flexibility index (Phi) is 5.06. The van der Waals surface area contributed by atoms with Crippen molar-refractivity contribution in [1.29, 1.82) is 0 Å². The van der Waals surface area contributed by atoms with Crippen LogP contribution < -0.4 is 0 Å². The molecule has 0 radical (unpaired) electrons. The first-order valence-corrected chi connectivity index (χ1v) is 4.81. The first-order chi connectivity index (χ1) is 9.31. The molecule has 132 valence electrons. The van der Waals surface area contributed by atoms with E-state index < -0.39 is 36.1 Å². The van der Waals surface area contributed by atoms with E-state index >= 15 is 0 Å². The number of hydrogen-bond donors (Lipinski definition) is 0. The second kappa shape index (κ2) is 5.38. The maximum atomic E-state index is 13.4. The molecule has 1 atom stereocenters. The van der Waals surface area contributed by atoms with E-state index in [9.17, 15) is 53.1 Å². The Hall–Kier alpha value is -1.34. The molecule has 0 bridgehead atoms. The Bertz CT molecular complexity index is 427. The molecule has 0 unspecified atom stereocenters. The Morgan fingerprint density at radius 1 is 0.773 bits per heavy atom. The fourth-order valence-corrected chi connectivity index (χ4v) is 0.916. The minimum Gasteiger partial charge on any atom is -0.344 e. The van der Waals surface area contributed by atoms with Crippen molar-refractivity contribution in [1.82, 2.24) is 4.90 Å². The van der Waals surface area contributed by atoms with Gasteiger partial charge >= 0.3 is 30.2 Å². The highest BCUT2D eigenvalue weighted by molar-refractivity contribution is 5.84. The van der Waals surface area contributed by atoms with Crippen LogP contribution in [0.1, 0.15) is 0 Å². The van der Waals surface area contributed by atoms with E-state index in [0.717, 1.165) is 0 Å². The van der Waals surface area contributed by atoms with E-state index in [1.165, 1.54) is 0 Å². The predicted octanol–water partition coefficient (Wildman–Crippen LogP) is 3.11. The Morgan fingerprint density at radius 2 is 1.14 bits per heavy atom. The SMILES string of the molecule is CN(C)C(=O)[C@](F)(OC(F)(F)C(F)(F)C(F)(F)F)C(F)(F)F. The van der Waals surface area contributed by atoms with Crippen LogP contribution >= 0.6 is 0 Å². The standard InChI is InChI=1S/C8H6F11NO2/c1-20(2)3(21)4(9,6(12,13)14)22-8(18,19)5(10,11)7(15,16)17/h1-2H3/t4-/m0/s1. The van der Waals surface area contributed by atoms with Crippen molar-refractivity contribution in [2.45, 2.75) is 30.2 Å². The van der Waals surface area contributed by atoms with Gasteiger partial charge in [-0.05, 0) is 0 Å². The normalized spacial score (nSPS) is 17.1. The fraction of sp³-hybridized carbons (Fsp3) is 0.875. The quantitative estimate of drug-likeness (QED) is 0.724. The minimum atomic E-state index is -7.19. The third-order valence-corrected chi connectivity index (χ3v) is 2.04. The Morgan fingerprint density at radius 3 is 1.36 bits per heavy atom. The number of carbonyl (C=O) groups excluding carboxylic acids is 1. The van der Waals surface area contributed by atoms with Gasteiger partial charge in [-0.1, -0.05) is 0 Å². The Balaban J connectivity index is 5.94. The van der Waals surface area contributed by atoms with E-state index in [2.05, 4.69) is 0 Å². The summed E-state index contributed by atoms with van der Waals surface area (Å²) in [5, 5.41) is 0. The summed E-state index contributed by atoms with van der Waals surface area (Å²) in [6, 6.07) is 0. The zero-order valence-electron chi connectivity index (χ0n) is 10.4. The van der Waals surface area contributed by atoms with E-state index in [-0.39, 0.29) is 4.90 Å². The number of alkyl halides is 11. The molecule has 0 aliphatic rings. The van der Waals surface area contributed by atoms with Crippen molar-refractivity contribution in [2.24, 2.45) is 0 Å². The molecular weight excluding hydrogens is 351 g/mol. The van der Waals surface area contributed by atoms with Gasteiger partial charge in [0.05, 0.1) is 0 Å². The van der Waals surface area contributed by atoms with Crippen LogP contribution in [0.5, 0.6) is 0 Å². The van der Waals surface area contributed by atoms with Crippen LogP contribution in [0, 0.1) is 0 Å². The number of ether oxygens (including phenoxy) is 1. The number of likely N-dealkylation sites (N-methyl/N-ethyl adjacent to an activating group) is 1. The zero-order chi connectivity index (χ0) is 18.4. The summed E-state index contributed by atoms with van der Waals surface area (Å²) in [6.45, 7) is 0. The molecule has 0 fully saturated rings. The van der Waals surface area contributed by atoms with Crippen LogP contribution in [0.2, 0.25) is 0 Å². The highest BCUT2D eigenvalue weighted by atomic mass is 19.4. The van der Waals surface area contributed by atoms with E-state index in [0.29, 0.717) is 14.1 Å². The van der Waals surface area contributed by atoms with Gasteiger partial charge in [0.15, 0.2) is 0 Å². The lowest BCUT2D eigenvalue weighted by atomic mass is 10.2. The molecule has 0 aliphatic carbocycles. The summed E-state index contributed by atoms with van der Waals surface area (Å²) >= 11 is 0. The third kappa shape index (κ3) is 3.35. The molecule has 0 aromatic heterocycles. The number of rotatable bonds is 4. The van der Waals surface area contributed by atoms with Crippen LogP contribution in [0.15, 0.2) is 0 Å². The fourth-order valence-electron chi connectivity index (χ4n) is 0.916. The summed E-state index contributed by atoms with van der Waals surface area (Å²) in [5.74, 6) is -16.3. The monoisotopic (exact) mass is 357 g/mol. The number of halogens is 11. The molecule has 0 saturated carbocycles. The maximum Gasteiger partial charge on any atom is 0.462 e. The van der Waals surface area contributed by atoms with Gasteiger partial charge in [-0.3, -0.25) is 9.53 Å². The number of nitrogens with zero attached hydrogens (tertiary/aromatic N) is 1. The molecular formula is C8H6F11NO2. The Labute approximate surface area is 114 Å². The molecule has 0 aromatic rings. The molecule has 0 saturated heterocycles. The van der Waals surface area contributed by atoms with Gasteiger partial charge in [0.2, 0.25) is 0 Å². The lowest BCUT2D eigenvalue weighted by Crippen LogP contribution is -2.63. The van der Waals surface area contributed by atoms with Gasteiger partial charge in [0.1, 0.15) is 0 Å². The highest BCUT2D eigenvalue weighted by Crippen LogP contribution is 2.51. The van der Waals surface area contributed by atoms with Crippen molar-refractivity contribution >= 4 is 5.91 Å². The minimum absolute atomic E-state index is 0.324. The molecule has 0 heterocycles. The zero-order valence-corrected chi connectivity index (χ0v) is 10.4. The van der Waals surface area contributed by atoms with Crippen molar-refractivity contribution in [3.05, 3.63) is 0 Å². The van der Waals surface area contributed by atoms with Gasteiger partial charge in [-0.25, -0.2) is 0 Å². The van der Waals surface area contributed by atoms with Crippen molar-refractivity contribution < 1.29 is 57.8 Å². The van der Waals surface area contributed by atoms with E-state index in [1.807, 2.05) is 4.74 Å². The van der Waals surface area contributed by atoms with E-state index in [1.54, 1.807) is 0 Å². The summed E-state index contributed by atoms with van der Waals surface area (Å²) < 4.78 is 138. The molecule has 0 aliphatic heterocycles. The highest BCUT2D eigenvalue weighted by Gasteiger charge is 2.79. The summed E-state index contributed by atoms with van der Waals surface area (Å²) in [7, 11) is 0.789. The van der Waals surface area contributed by atoms with Crippen molar-refractivity contribution in [3.8, 4) is 0 Å². The largest absolute Gasteiger partial charge is 0.462 e. The van der Waals surface area contributed by atoms with Crippen LogP contribution in [0.25, 0.3) is 0 Å². The van der Waals surface area contributed by atoms with Gasteiger partial charge in [0, 0.05) is 14.1 Å². The first kappa shape index (κ1) is 20.7.